The first kappa shape index (κ1) is 18.6. The molecule has 0 radical (unpaired) electrons. The van der Waals surface area contributed by atoms with E-state index in [2.05, 4.69) is 18.7 Å². The lowest BCUT2D eigenvalue weighted by Gasteiger charge is -2.26. The van der Waals surface area contributed by atoms with Gasteiger partial charge in [-0.25, -0.2) is 0 Å². The number of likely N-dealkylation sites (N-methyl/N-ethyl adjacent to an activating group) is 1. The first-order valence-corrected chi connectivity index (χ1v) is 8.40. The van der Waals surface area contributed by atoms with Gasteiger partial charge in [-0.15, -0.1) is 0 Å². The molecule has 0 spiro atoms. The molecule has 0 aromatic heterocycles. The molecule has 0 fully saturated rings. The van der Waals surface area contributed by atoms with E-state index in [0.29, 0.717) is 12.1 Å². The summed E-state index contributed by atoms with van der Waals surface area (Å²) in [5.74, 6) is -0.159. The third-order valence-electron chi connectivity index (χ3n) is 4.17. The molecule has 6 nitrogen and oxygen atoms in total. The van der Waals surface area contributed by atoms with Crippen molar-refractivity contribution in [3.05, 3.63) is 70.3 Å². The number of rotatable bonds is 8. The molecule has 6 heteroatoms. The van der Waals surface area contributed by atoms with Crippen LogP contribution in [-0.4, -0.2) is 41.9 Å². The van der Waals surface area contributed by atoms with Gasteiger partial charge < -0.3 is 9.80 Å². The van der Waals surface area contributed by atoms with Gasteiger partial charge in [0.05, 0.1) is 4.92 Å². The topological polar surface area (TPSA) is 66.7 Å². The SMILES string of the molecule is CCN(CC)CCN(C(=O)c1ccc([N+](=O)[O-])cc1)c1ccccc1. The maximum absolute atomic E-state index is 13.0. The second-order valence-electron chi connectivity index (χ2n) is 5.62. The zero-order chi connectivity index (χ0) is 18.2. The molecule has 0 saturated heterocycles. The summed E-state index contributed by atoms with van der Waals surface area (Å²) in [6.07, 6.45) is 0. The second-order valence-corrected chi connectivity index (χ2v) is 5.62. The Morgan fingerprint density at radius 3 is 2.08 bits per heavy atom. The first-order valence-electron chi connectivity index (χ1n) is 8.40. The number of non-ortho nitro benzene ring substituents is 1. The summed E-state index contributed by atoms with van der Waals surface area (Å²) < 4.78 is 0. The molecule has 0 aliphatic carbocycles. The van der Waals surface area contributed by atoms with Crippen molar-refractivity contribution in [1.82, 2.24) is 4.90 Å². The lowest BCUT2D eigenvalue weighted by Crippen LogP contribution is -2.38. The molecule has 0 N–H and O–H groups in total. The molecule has 2 rings (SSSR count). The third-order valence-corrected chi connectivity index (χ3v) is 4.17. The molecule has 0 unspecified atom stereocenters. The minimum absolute atomic E-state index is 0.0223. The van der Waals surface area contributed by atoms with Gasteiger partial charge in [-0.1, -0.05) is 32.0 Å². The number of nitro groups is 1. The summed E-state index contributed by atoms with van der Waals surface area (Å²) >= 11 is 0. The summed E-state index contributed by atoms with van der Waals surface area (Å²) in [6.45, 7) is 7.35. The average molecular weight is 341 g/mol. The summed E-state index contributed by atoms with van der Waals surface area (Å²) in [6, 6.07) is 15.2. The van der Waals surface area contributed by atoms with Gasteiger partial charge in [0, 0.05) is 36.5 Å². The molecular formula is C19H23N3O3. The molecule has 0 aliphatic rings. The van der Waals surface area contributed by atoms with Gasteiger partial charge in [-0.05, 0) is 37.4 Å². The van der Waals surface area contributed by atoms with E-state index in [1.54, 1.807) is 4.90 Å². The Hall–Kier alpha value is -2.73. The van der Waals surface area contributed by atoms with Crippen LogP contribution in [0, 0.1) is 10.1 Å². The molecule has 0 aliphatic heterocycles. The average Bonchev–Trinajstić information content (AvgIpc) is 2.66. The quantitative estimate of drug-likeness (QED) is 0.544. The number of amides is 1. The highest BCUT2D eigenvalue weighted by Gasteiger charge is 2.19. The van der Waals surface area contributed by atoms with Crippen LogP contribution in [0.5, 0.6) is 0 Å². The highest BCUT2D eigenvalue weighted by molar-refractivity contribution is 6.06. The lowest BCUT2D eigenvalue weighted by molar-refractivity contribution is -0.384. The molecule has 2 aromatic rings. The maximum Gasteiger partial charge on any atom is 0.269 e. The highest BCUT2D eigenvalue weighted by Crippen LogP contribution is 2.19. The van der Waals surface area contributed by atoms with Crippen LogP contribution in [0.3, 0.4) is 0 Å². The van der Waals surface area contributed by atoms with E-state index in [0.717, 1.165) is 25.3 Å². The number of carbonyl (C=O) groups is 1. The number of hydrogen-bond acceptors (Lipinski definition) is 4. The second kappa shape index (κ2) is 8.94. The van der Waals surface area contributed by atoms with Crippen molar-refractivity contribution in [3.8, 4) is 0 Å². The molecule has 0 heterocycles. The molecule has 1 amide bonds. The van der Waals surface area contributed by atoms with Gasteiger partial charge in [0.1, 0.15) is 0 Å². The number of para-hydroxylation sites is 1. The Morgan fingerprint density at radius 1 is 0.960 bits per heavy atom. The third kappa shape index (κ3) is 4.87. The smallest absolute Gasteiger partial charge is 0.269 e. The van der Waals surface area contributed by atoms with Gasteiger partial charge in [-0.3, -0.25) is 14.9 Å². The van der Waals surface area contributed by atoms with Crippen LogP contribution >= 0.6 is 0 Å². The Morgan fingerprint density at radius 2 is 1.56 bits per heavy atom. The van der Waals surface area contributed by atoms with E-state index < -0.39 is 4.92 Å². The normalized spacial score (nSPS) is 10.7. The van der Waals surface area contributed by atoms with Gasteiger partial charge >= 0.3 is 0 Å². The van der Waals surface area contributed by atoms with Crippen molar-refractivity contribution < 1.29 is 9.72 Å². The largest absolute Gasteiger partial charge is 0.307 e. The molecule has 0 bridgehead atoms. The van der Waals surface area contributed by atoms with Crippen molar-refractivity contribution in [2.75, 3.05) is 31.1 Å². The Balaban J connectivity index is 2.24. The van der Waals surface area contributed by atoms with Crippen LogP contribution in [0.15, 0.2) is 54.6 Å². The molecular weight excluding hydrogens is 318 g/mol. The number of benzene rings is 2. The molecule has 132 valence electrons. The Labute approximate surface area is 147 Å². The van der Waals surface area contributed by atoms with E-state index in [-0.39, 0.29) is 11.6 Å². The number of carbonyl (C=O) groups excluding carboxylic acids is 1. The first-order chi connectivity index (χ1) is 12.1. The van der Waals surface area contributed by atoms with Crippen molar-refractivity contribution in [1.29, 1.82) is 0 Å². The van der Waals surface area contributed by atoms with Gasteiger partial charge in [0.15, 0.2) is 0 Å². The zero-order valence-electron chi connectivity index (χ0n) is 14.6. The number of anilines is 1. The predicted molar refractivity (Wildman–Crippen MR) is 99.0 cm³/mol. The maximum atomic E-state index is 13.0. The van der Waals surface area contributed by atoms with Crippen molar-refractivity contribution in [3.63, 3.8) is 0 Å². The number of nitrogens with zero attached hydrogens (tertiary/aromatic N) is 3. The Kier molecular flexibility index (Phi) is 6.65. The monoisotopic (exact) mass is 341 g/mol. The van der Waals surface area contributed by atoms with Crippen LogP contribution in [0.2, 0.25) is 0 Å². The van der Waals surface area contributed by atoms with Crippen LogP contribution in [0.4, 0.5) is 11.4 Å². The van der Waals surface area contributed by atoms with Gasteiger partial charge in [0.2, 0.25) is 0 Å². The minimum Gasteiger partial charge on any atom is -0.307 e. The summed E-state index contributed by atoms with van der Waals surface area (Å²) in [5.41, 5.74) is 1.23. The highest BCUT2D eigenvalue weighted by atomic mass is 16.6. The summed E-state index contributed by atoms with van der Waals surface area (Å²) in [4.78, 5) is 27.2. The molecule has 0 saturated carbocycles. The molecule has 25 heavy (non-hydrogen) atoms. The van der Waals surface area contributed by atoms with Crippen molar-refractivity contribution in [2.45, 2.75) is 13.8 Å². The van der Waals surface area contributed by atoms with Crippen LogP contribution < -0.4 is 4.90 Å². The molecule has 0 atom stereocenters. The van der Waals surface area contributed by atoms with Gasteiger partial charge in [0.25, 0.3) is 11.6 Å². The molecule has 2 aromatic carbocycles. The van der Waals surface area contributed by atoms with E-state index in [1.165, 1.54) is 24.3 Å². The standard InChI is InChI=1S/C19H23N3O3/c1-3-20(4-2)14-15-21(17-8-6-5-7-9-17)19(23)16-10-12-18(13-11-16)22(24)25/h5-13H,3-4,14-15H2,1-2H3. The van der Waals surface area contributed by atoms with E-state index >= 15 is 0 Å². The van der Waals surface area contributed by atoms with Gasteiger partial charge in [-0.2, -0.15) is 0 Å². The van der Waals surface area contributed by atoms with Crippen LogP contribution in [0.1, 0.15) is 24.2 Å². The van der Waals surface area contributed by atoms with Crippen molar-refractivity contribution >= 4 is 17.3 Å². The van der Waals surface area contributed by atoms with E-state index in [1.807, 2.05) is 30.3 Å². The number of nitro benzene ring substituents is 1. The van der Waals surface area contributed by atoms with E-state index in [9.17, 15) is 14.9 Å². The van der Waals surface area contributed by atoms with Crippen LogP contribution in [-0.2, 0) is 0 Å². The fourth-order valence-electron chi connectivity index (χ4n) is 2.62. The van der Waals surface area contributed by atoms with Crippen molar-refractivity contribution in [2.24, 2.45) is 0 Å². The summed E-state index contributed by atoms with van der Waals surface area (Å²) in [7, 11) is 0. The fraction of sp³-hybridized carbons (Fsp3) is 0.316. The number of hydrogen-bond donors (Lipinski definition) is 0. The Bertz CT molecular complexity index is 698. The minimum atomic E-state index is -0.469. The van der Waals surface area contributed by atoms with E-state index in [4.69, 9.17) is 0 Å². The fourth-order valence-corrected chi connectivity index (χ4v) is 2.62. The zero-order valence-corrected chi connectivity index (χ0v) is 14.6. The lowest BCUT2D eigenvalue weighted by atomic mass is 10.1. The van der Waals surface area contributed by atoms with Crippen LogP contribution in [0.25, 0.3) is 0 Å². The summed E-state index contributed by atoms with van der Waals surface area (Å²) in [5, 5.41) is 10.8. The predicted octanol–water partition coefficient (Wildman–Crippen LogP) is 3.58.